The Kier molecular flexibility index (Phi) is 4.38. The molecule has 0 aliphatic heterocycles. The van der Waals surface area contributed by atoms with Gasteiger partial charge in [-0.25, -0.2) is 4.98 Å². The summed E-state index contributed by atoms with van der Waals surface area (Å²) in [5.41, 5.74) is 0.203. The first-order valence-corrected chi connectivity index (χ1v) is 4.82. The highest BCUT2D eigenvalue weighted by molar-refractivity contribution is 5.93. The first-order valence-electron chi connectivity index (χ1n) is 4.82. The van der Waals surface area contributed by atoms with Crippen LogP contribution in [0.2, 0.25) is 0 Å². The van der Waals surface area contributed by atoms with Crippen molar-refractivity contribution in [2.24, 2.45) is 0 Å². The number of likely N-dealkylation sites (N-methyl/N-ethyl adjacent to an activating group) is 1. The topological polar surface area (TPSA) is 72.4 Å². The minimum Gasteiger partial charge on any atom is -0.465 e. The third kappa shape index (κ3) is 3.30. The summed E-state index contributed by atoms with van der Waals surface area (Å²) >= 11 is 0. The lowest BCUT2D eigenvalue weighted by atomic mass is 10.4. The van der Waals surface area contributed by atoms with Gasteiger partial charge in [0.25, 0.3) is 5.91 Å². The molecule has 86 valence electrons. The van der Waals surface area contributed by atoms with Crippen LogP contribution in [-0.4, -0.2) is 46.9 Å². The van der Waals surface area contributed by atoms with Crippen molar-refractivity contribution in [2.75, 3.05) is 20.2 Å². The molecule has 0 saturated heterocycles. The van der Waals surface area contributed by atoms with Crippen LogP contribution >= 0.6 is 0 Å². The van der Waals surface area contributed by atoms with Gasteiger partial charge in [-0.2, -0.15) is 0 Å². The third-order valence-electron chi connectivity index (χ3n) is 1.80. The molecule has 0 aromatic carbocycles. The maximum Gasteiger partial charge on any atom is 0.325 e. The largest absolute Gasteiger partial charge is 0.465 e. The fourth-order valence-corrected chi connectivity index (χ4v) is 1.08. The predicted octanol–water partition coefficient (Wildman–Crippen LogP) is 0.112. The second-order valence-electron chi connectivity index (χ2n) is 3.06. The lowest BCUT2D eigenvalue weighted by molar-refractivity contribution is -0.143. The molecule has 0 aliphatic rings. The summed E-state index contributed by atoms with van der Waals surface area (Å²) in [7, 11) is 1.51. The Balaban J connectivity index is 2.58. The number of esters is 1. The molecule has 0 bridgehead atoms. The standard InChI is InChI=1S/C10H13N3O3/c1-3-16-9(14)7-13(2)10(15)8-6-11-4-5-12-8/h4-6H,3,7H2,1-2H3. The highest BCUT2D eigenvalue weighted by Crippen LogP contribution is 1.97. The molecule has 1 aromatic rings. The van der Waals surface area contributed by atoms with E-state index in [2.05, 4.69) is 9.97 Å². The van der Waals surface area contributed by atoms with E-state index in [1.165, 1.54) is 30.5 Å². The van der Waals surface area contributed by atoms with Crippen molar-refractivity contribution in [1.29, 1.82) is 0 Å². The van der Waals surface area contributed by atoms with Crippen LogP contribution < -0.4 is 0 Å². The number of hydrogen-bond donors (Lipinski definition) is 0. The first-order chi connectivity index (χ1) is 7.65. The number of hydrogen-bond acceptors (Lipinski definition) is 5. The van der Waals surface area contributed by atoms with Gasteiger partial charge < -0.3 is 9.64 Å². The Morgan fingerprint density at radius 3 is 2.75 bits per heavy atom. The zero-order valence-electron chi connectivity index (χ0n) is 9.21. The van der Waals surface area contributed by atoms with E-state index in [1.807, 2.05) is 0 Å². The molecule has 0 atom stereocenters. The minimum atomic E-state index is -0.442. The summed E-state index contributed by atoms with van der Waals surface area (Å²) in [6.45, 7) is 1.91. The molecule has 6 nitrogen and oxygen atoms in total. The fraction of sp³-hybridized carbons (Fsp3) is 0.400. The normalized spacial score (nSPS) is 9.62. The zero-order valence-corrected chi connectivity index (χ0v) is 9.21. The van der Waals surface area contributed by atoms with E-state index < -0.39 is 5.97 Å². The summed E-state index contributed by atoms with van der Waals surface area (Å²) in [5, 5.41) is 0. The molecule has 1 aromatic heterocycles. The summed E-state index contributed by atoms with van der Waals surface area (Å²) in [5.74, 6) is -0.802. The highest BCUT2D eigenvalue weighted by Gasteiger charge is 2.16. The lowest BCUT2D eigenvalue weighted by Crippen LogP contribution is -2.33. The van der Waals surface area contributed by atoms with Gasteiger partial charge in [0.1, 0.15) is 12.2 Å². The van der Waals surface area contributed by atoms with Crippen molar-refractivity contribution in [3.05, 3.63) is 24.3 Å². The maximum absolute atomic E-state index is 11.7. The molecule has 0 unspecified atom stereocenters. The van der Waals surface area contributed by atoms with Crippen LogP contribution in [0.25, 0.3) is 0 Å². The number of carbonyl (C=O) groups is 2. The second kappa shape index (κ2) is 5.79. The molecule has 6 heteroatoms. The molecular formula is C10H13N3O3. The van der Waals surface area contributed by atoms with Gasteiger partial charge >= 0.3 is 5.97 Å². The molecule has 0 radical (unpaired) electrons. The summed E-state index contributed by atoms with van der Waals surface area (Å²) in [4.78, 5) is 31.7. The third-order valence-corrected chi connectivity index (χ3v) is 1.80. The van der Waals surface area contributed by atoms with Gasteiger partial charge in [0, 0.05) is 19.4 Å². The Labute approximate surface area is 93.3 Å². The van der Waals surface area contributed by atoms with Gasteiger partial charge in [-0.3, -0.25) is 14.6 Å². The Bertz CT molecular complexity index is 367. The number of rotatable bonds is 4. The molecule has 0 fully saturated rings. The highest BCUT2D eigenvalue weighted by atomic mass is 16.5. The van der Waals surface area contributed by atoms with E-state index in [9.17, 15) is 9.59 Å². The molecule has 1 heterocycles. The van der Waals surface area contributed by atoms with Gasteiger partial charge in [-0.15, -0.1) is 0 Å². The van der Waals surface area contributed by atoms with Crippen LogP contribution in [-0.2, 0) is 9.53 Å². The van der Waals surface area contributed by atoms with E-state index in [-0.39, 0.29) is 18.1 Å². The first kappa shape index (κ1) is 12.1. The number of carbonyl (C=O) groups excluding carboxylic acids is 2. The van der Waals surface area contributed by atoms with Gasteiger partial charge in [-0.1, -0.05) is 0 Å². The van der Waals surface area contributed by atoms with Crippen molar-refractivity contribution in [1.82, 2.24) is 14.9 Å². The van der Waals surface area contributed by atoms with Crippen LogP contribution in [0.1, 0.15) is 17.4 Å². The molecular weight excluding hydrogens is 210 g/mol. The van der Waals surface area contributed by atoms with E-state index in [0.29, 0.717) is 6.61 Å². The van der Waals surface area contributed by atoms with Crippen molar-refractivity contribution < 1.29 is 14.3 Å². The number of ether oxygens (including phenoxy) is 1. The molecule has 16 heavy (non-hydrogen) atoms. The lowest BCUT2D eigenvalue weighted by Gasteiger charge is -2.14. The molecule has 0 aliphatic carbocycles. The van der Waals surface area contributed by atoms with Gasteiger partial charge in [0.15, 0.2) is 0 Å². The van der Waals surface area contributed by atoms with E-state index in [4.69, 9.17) is 4.74 Å². The monoisotopic (exact) mass is 223 g/mol. The van der Waals surface area contributed by atoms with Crippen LogP contribution in [0.3, 0.4) is 0 Å². The second-order valence-corrected chi connectivity index (χ2v) is 3.06. The zero-order chi connectivity index (χ0) is 12.0. The Morgan fingerprint density at radius 1 is 1.44 bits per heavy atom. The van der Waals surface area contributed by atoms with Crippen LogP contribution in [0, 0.1) is 0 Å². The summed E-state index contributed by atoms with van der Waals surface area (Å²) < 4.78 is 4.73. The Hall–Kier alpha value is -1.98. The molecule has 1 rings (SSSR count). The fourth-order valence-electron chi connectivity index (χ4n) is 1.08. The van der Waals surface area contributed by atoms with Crippen molar-refractivity contribution >= 4 is 11.9 Å². The van der Waals surface area contributed by atoms with Crippen LogP contribution in [0.15, 0.2) is 18.6 Å². The quantitative estimate of drug-likeness (QED) is 0.677. The van der Waals surface area contributed by atoms with Crippen molar-refractivity contribution in [2.45, 2.75) is 6.92 Å². The van der Waals surface area contributed by atoms with E-state index in [0.717, 1.165) is 0 Å². The Morgan fingerprint density at radius 2 is 2.19 bits per heavy atom. The number of amides is 1. The molecule has 0 N–H and O–H groups in total. The van der Waals surface area contributed by atoms with Gasteiger partial charge in [0.2, 0.25) is 0 Å². The SMILES string of the molecule is CCOC(=O)CN(C)C(=O)c1cnccn1. The minimum absolute atomic E-state index is 0.0940. The smallest absolute Gasteiger partial charge is 0.325 e. The van der Waals surface area contributed by atoms with E-state index >= 15 is 0 Å². The summed E-state index contributed by atoms with van der Waals surface area (Å²) in [6, 6.07) is 0. The van der Waals surface area contributed by atoms with Gasteiger partial charge in [0.05, 0.1) is 12.8 Å². The predicted molar refractivity (Wildman–Crippen MR) is 55.6 cm³/mol. The van der Waals surface area contributed by atoms with Crippen LogP contribution in [0.5, 0.6) is 0 Å². The molecule has 0 spiro atoms. The van der Waals surface area contributed by atoms with Crippen molar-refractivity contribution in [3.8, 4) is 0 Å². The molecule has 0 saturated carbocycles. The van der Waals surface area contributed by atoms with Crippen LogP contribution in [0.4, 0.5) is 0 Å². The van der Waals surface area contributed by atoms with Crippen molar-refractivity contribution in [3.63, 3.8) is 0 Å². The van der Waals surface area contributed by atoms with Gasteiger partial charge in [-0.05, 0) is 6.92 Å². The van der Waals surface area contributed by atoms with E-state index in [1.54, 1.807) is 6.92 Å². The number of aromatic nitrogens is 2. The average molecular weight is 223 g/mol. The average Bonchev–Trinajstić information content (AvgIpc) is 2.29. The molecule has 1 amide bonds. The number of nitrogens with zero attached hydrogens (tertiary/aromatic N) is 3. The summed E-state index contributed by atoms with van der Waals surface area (Å²) in [6.07, 6.45) is 4.25. The maximum atomic E-state index is 11.7.